The summed E-state index contributed by atoms with van der Waals surface area (Å²) in [7, 11) is -3.77. The first-order chi connectivity index (χ1) is 6.89. The van der Waals surface area contributed by atoms with Gasteiger partial charge in [0.15, 0.2) is 11.6 Å². The molecule has 0 radical (unpaired) electrons. The van der Waals surface area contributed by atoms with E-state index < -0.39 is 7.82 Å². The van der Waals surface area contributed by atoms with Crippen molar-refractivity contribution in [2.75, 3.05) is 19.8 Å². The van der Waals surface area contributed by atoms with Gasteiger partial charge in [0.1, 0.15) is 13.2 Å². The molecule has 0 atom stereocenters. The highest BCUT2D eigenvalue weighted by Crippen LogP contribution is 2.49. The Balaban J connectivity index is 4.24. The number of hydrogen-bond donors (Lipinski definition) is 0. The number of phosphoric acid groups is 1. The highest BCUT2D eigenvalue weighted by Gasteiger charge is 2.27. The van der Waals surface area contributed by atoms with Gasteiger partial charge in [0.25, 0.3) is 0 Å². The van der Waals surface area contributed by atoms with Crippen LogP contribution in [-0.2, 0) is 27.7 Å². The van der Waals surface area contributed by atoms with Crippen molar-refractivity contribution in [3.8, 4) is 0 Å². The van der Waals surface area contributed by atoms with Crippen molar-refractivity contribution in [2.24, 2.45) is 0 Å². The van der Waals surface area contributed by atoms with Gasteiger partial charge in [-0.05, 0) is 20.8 Å². The molecule has 0 fully saturated rings. The molecular formula is C8H15O6P. The predicted octanol–water partition coefficient (Wildman–Crippen LogP) is 1.34. The molecule has 0 saturated carbocycles. The first-order valence-electron chi connectivity index (χ1n) is 4.42. The number of Topliss-reactive ketones (excluding diaryl/α,β-unsaturated/α-hetero) is 2. The van der Waals surface area contributed by atoms with E-state index in [1.54, 1.807) is 6.92 Å². The Kier molecular flexibility index (Phi) is 6.60. The van der Waals surface area contributed by atoms with Gasteiger partial charge in [0, 0.05) is 0 Å². The van der Waals surface area contributed by atoms with E-state index in [1.807, 2.05) is 0 Å². The number of carbonyl (C=O) groups excluding carboxylic acids is 2. The molecule has 0 N–H and O–H groups in total. The molecule has 0 saturated heterocycles. The van der Waals surface area contributed by atoms with Crippen LogP contribution < -0.4 is 0 Å². The van der Waals surface area contributed by atoms with Crippen LogP contribution in [0.25, 0.3) is 0 Å². The summed E-state index contributed by atoms with van der Waals surface area (Å²) < 4.78 is 25.8. The quantitative estimate of drug-likeness (QED) is 0.594. The van der Waals surface area contributed by atoms with E-state index in [4.69, 9.17) is 13.6 Å². The van der Waals surface area contributed by atoms with Gasteiger partial charge in [-0.2, -0.15) is 0 Å². The first kappa shape index (κ1) is 14.5. The fraction of sp³-hybridized carbons (Fsp3) is 0.750. The summed E-state index contributed by atoms with van der Waals surface area (Å²) in [6, 6.07) is 0. The number of ketones is 2. The molecule has 0 unspecified atom stereocenters. The lowest BCUT2D eigenvalue weighted by atomic mass is 10.5. The van der Waals surface area contributed by atoms with Crippen LogP contribution in [0.5, 0.6) is 0 Å². The number of hydrogen-bond acceptors (Lipinski definition) is 6. The Morgan fingerprint density at radius 3 is 1.67 bits per heavy atom. The fourth-order valence-electron chi connectivity index (χ4n) is 0.610. The highest BCUT2D eigenvalue weighted by atomic mass is 31.2. The molecule has 0 aromatic rings. The molecule has 0 spiro atoms. The molecule has 0 aliphatic carbocycles. The van der Waals surface area contributed by atoms with Gasteiger partial charge in [0.2, 0.25) is 0 Å². The van der Waals surface area contributed by atoms with Crippen LogP contribution in [0.1, 0.15) is 20.8 Å². The molecular weight excluding hydrogens is 223 g/mol. The maximum Gasteiger partial charge on any atom is 0.475 e. The summed E-state index contributed by atoms with van der Waals surface area (Å²) in [5, 5.41) is 0. The van der Waals surface area contributed by atoms with Crippen molar-refractivity contribution in [3.05, 3.63) is 0 Å². The van der Waals surface area contributed by atoms with Crippen LogP contribution in [0, 0.1) is 0 Å². The molecule has 88 valence electrons. The topological polar surface area (TPSA) is 78.9 Å². The molecule has 0 aliphatic heterocycles. The largest absolute Gasteiger partial charge is 0.475 e. The minimum absolute atomic E-state index is 0.104. The van der Waals surface area contributed by atoms with E-state index >= 15 is 0 Å². The SMILES string of the molecule is CCOP(=O)(OCC(C)=O)OCC(C)=O. The van der Waals surface area contributed by atoms with Crippen LogP contribution in [0.4, 0.5) is 0 Å². The van der Waals surface area contributed by atoms with E-state index in [0.29, 0.717) is 0 Å². The maximum atomic E-state index is 11.7. The molecule has 6 nitrogen and oxygen atoms in total. The third kappa shape index (κ3) is 7.39. The van der Waals surface area contributed by atoms with Crippen molar-refractivity contribution >= 4 is 19.4 Å². The Morgan fingerprint density at radius 2 is 1.40 bits per heavy atom. The Morgan fingerprint density at radius 1 is 1.00 bits per heavy atom. The average Bonchev–Trinajstić information content (AvgIpc) is 2.13. The average molecular weight is 238 g/mol. The van der Waals surface area contributed by atoms with Gasteiger partial charge < -0.3 is 0 Å². The Labute approximate surface area is 88.5 Å². The lowest BCUT2D eigenvalue weighted by molar-refractivity contribution is -0.120. The van der Waals surface area contributed by atoms with Gasteiger partial charge in [-0.15, -0.1) is 0 Å². The summed E-state index contributed by atoms with van der Waals surface area (Å²) in [5.41, 5.74) is 0. The Bertz CT molecular complexity index is 252. The molecule has 0 aliphatic rings. The lowest BCUT2D eigenvalue weighted by Crippen LogP contribution is -2.09. The fourth-order valence-corrected chi connectivity index (χ4v) is 1.83. The van der Waals surface area contributed by atoms with Crippen LogP contribution in [0.3, 0.4) is 0 Å². The van der Waals surface area contributed by atoms with Gasteiger partial charge in [-0.25, -0.2) is 4.57 Å². The van der Waals surface area contributed by atoms with E-state index in [9.17, 15) is 14.2 Å². The standard InChI is InChI=1S/C8H15O6P/c1-4-12-15(11,13-5-7(2)9)14-6-8(3)10/h4-6H2,1-3H3. The summed E-state index contributed by atoms with van der Waals surface area (Å²) in [6.45, 7) is 3.53. The molecule has 0 rings (SSSR count). The Hall–Kier alpha value is -0.550. The number of carbonyl (C=O) groups is 2. The second-order valence-electron chi connectivity index (χ2n) is 2.82. The summed E-state index contributed by atoms with van der Waals surface area (Å²) >= 11 is 0. The van der Waals surface area contributed by atoms with Gasteiger partial charge >= 0.3 is 7.82 Å². The summed E-state index contributed by atoms with van der Waals surface area (Å²) in [5.74, 6) is -0.609. The monoisotopic (exact) mass is 238 g/mol. The van der Waals surface area contributed by atoms with Gasteiger partial charge in [-0.1, -0.05) is 0 Å². The number of phosphoric ester groups is 1. The van der Waals surface area contributed by atoms with E-state index in [0.717, 1.165) is 0 Å². The smallest absolute Gasteiger partial charge is 0.297 e. The second-order valence-corrected chi connectivity index (χ2v) is 4.48. The van der Waals surface area contributed by atoms with E-state index in [2.05, 4.69) is 0 Å². The highest BCUT2D eigenvalue weighted by molar-refractivity contribution is 7.48. The molecule has 15 heavy (non-hydrogen) atoms. The molecule has 0 aromatic heterocycles. The van der Waals surface area contributed by atoms with E-state index in [1.165, 1.54) is 13.8 Å². The maximum absolute atomic E-state index is 11.7. The number of rotatable bonds is 8. The zero-order valence-corrected chi connectivity index (χ0v) is 9.91. The lowest BCUT2D eigenvalue weighted by Gasteiger charge is -2.15. The van der Waals surface area contributed by atoms with Crippen LogP contribution in [0.15, 0.2) is 0 Å². The van der Waals surface area contributed by atoms with Gasteiger partial charge in [0.05, 0.1) is 6.61 Å². The molecule has 0 heterocycles. The van der Waals surface area contributed by atoms with Crippen molar-refractivity contribution in [1.29, 1.82) is 0 Å². The van der Waals surface area contributed by atoms with Crippen molar-refractivity contribution in [3.63, 3.8) is 0 Å². The molecule has 7 heteroatoms. The third-order valence-corrected chi connectivity index (χ3v) is 2.60. The minimum Gasteiger partial charge on any atom is -0.297 e. The second kappa shape index (κ2) is 6.85. The van der Waals surface area contributed by atoms with Crippen molar-refractivity contribution in [1.82, 2.24) is 0 Å². The van der Waals surface area contributed by atoms with E-state index in [-0.39, 0.29) is 31.4 Å². The minimum atomic E-state index is -3.77. The van der Waals surface area contributed by atoms with Crippen molar-refractivity contribution < 1.29 is 27.7 Å². The molecule has 0 amide bonds. The molecule has 0 aromatic carbocycles. The van der Waals surface area contributed by atoms with Crippen molar-refractivity contribution in [2.45, 2.75) is 20.8 Å². The summed E-state index contributed by atoms with van der Waals surface area (Å²) in [6.07, 6.45) is 0. The van der Waals surface area contributed by atoms with Crippen LogP contribution in [-0.4, -0.2) is 31.4 Å². The zero-order valence-electron chi connectivity index (χ0n) is 9.02. The van der Waals surface area contributed by atoms with Gasteiger partial charge in [-0.3, -0.25) is 23.2 Å². The van der Waals surface area contributed by atoms with Crippen LogP contribution >= 0.6 is 7.82 Å². The third-order valence-electron chi connectivity index (χ3n) is 1.14. The van der Waals surface area contributed by atoms with Crippen LogP contribution in [0.2, 0.25) is 0 Å². The molecule has 0 bridgehead atoms. The predicted molar refractivity (Wildman–Crippen MR) is 52.5 cm³/mol. The first-order valence-corrected chi connectivity index (χ1v) is 5.88. The summed E-state index contributed by atoms with van der Waals surface area (Å²) in [4.78, 5) is 21.2. The normalized spacial score (nSPS) is 11.4. The zero-order chi connectivity index (χ0) is 11.9.